The van der Waals surface area contributed by atoms with Gasteiger partial charge in [0.05, 0.1) is 12.3 Å². The minimum Gasteiger partial charge on any atom is -0.489 e. The predicted molar refractivity (Wildman–Crippen MR) is 110 cm³/mol. The van der Waals surface area contributed by atoms with Gasteiger partial charge >= 0.3 is 0 Å². The summed E-state index contributed by atoms with van der Waals surface area (Å²) in [5, 5.41) is 3.79. The number of hydrogen-bond acceptors (Lipinski definition) is 5. The largest absolute Gasteiger partial charge is 0.489 e. The van der Waals surface area contributed by atoms with E-state index in [1.807, 2.05) is 48.5 Å². The zero-order chi connectivity index (χ0) is 21.2. The first-order chi connectivity index (χ1) is 13.0. The van der Waals surface area contributed by atoms with E-state index in [4.69, 9.17) is 26.6 Å². The Labute approximate surface area is 170 Å². The van der Waals surface area contributed by atoms with Gasteiger partial charge in [0.2, 0.25) is 5.91 Å². The van der Waals surface area contributed by atoms with Gasteiger partial charge in [-0.1, -0.05) is 35.9 Å². The maximum absolute atomic E-state index is 10.9. The van der Waals surface area contributed by atoms with Gasteiger partial charge in [-0.05, 0) is 55.3 Å². The van der Waals surface area contributed by atoms with Gasteiger partial charge in [-0.25, -0.2) is 0 Å². The van der Waals surface area contributed by atoms with Crippen LogP contribution < -0.4 is 15.8 Å². The fourth-order valence-corrected chi connectivity index (χ4v) is 2.29. The van der Waals surface area contributed by atoms with E-state index >= 15 is 0 Å². The van der Waals surface area contributed by atoms with Crippen molar-refractivity contribution in [3.05, 3.63) is 64.7 Å². The highest BCUT2D eigenvalue weighted by atomic mass is 35.5. The van der Waals surface area contributed by atoms with E-state index in [1.54, 1.807) is 6.92 Å². The summed E-state index contributed by atoms with van der Waals surface area (Å²) >= 11 is 5.95. The van der Waals surface area contributed by atoms with E-state index in [9.17, 15) is 13.2 Å². The molecule has 0 spiro atoms. The topological polar surface area (TPSA) is 119 Å². The Kier molecular flexibility index (Phi) is 9.95. The summed E-state index contributed by atoms with van der Waals surface area (Å²) in [6.07, 6.45) is 1.54. The third-order valence-electron chi connectivity index (χ3n) is 3.51. The SMILES string of the molecule is CC(NCCc1ccc(OCc2cccc(Cl)c2)cc1)C(N)=O.CS(=O)(=O)O. The van der Waals surface area contributed by atoms with Crippen molar-refractivity contribution in [2.45, 2.75) is 26.0 Å². The lowest BCUT2D eigenvalue weighted by Gasteiger charge is -2.10. The van der Waals surface area contributed by atoms with Crippen LogP contribution in [0, 0.1) is 0 Å². The van der Waals surface area contributed by atoms with Gasteiger partial charge in [0.1, 0.15) is 12.4 Å². The number of ether oxygens (including phenoxy) is 1. The molecular formula is C19H25ClN2O5S. The van der Waals surface area contributed by atoms with Crippen molar-refractivity contribution in [3.8, 4) is 5.75 Å². The number of carbonyl (C=O) groups excluding carboxylic acids is 1. The van der Waals surface area contributed by atoms with Gasteiger partial charge in [-0.2, -0.15) is 8.42 Å². The van der Waals surface area contributed by atoms with Crippen LogP contribution in [0.25, 0.3) is 0 Å². The highest BCUT2D eigenvalue weighted by Crippen LogP contribution is 2.16. The maximum Gasteiger partial charge on any atom is 0.261 e. The molecule has 0 aromatic heterocycles. The smallest absolute Gasteiger partial charge is 0.261 e. The lowest BCUT2D eigenvalue weighted by atomic mass is 10.1. The van der Waals surface area contributed by atoms with Crippen molar-refractivity contribution >= 4 is 27.6 Å². The number of carbonyl (C=O) groups is 1. The van der Waals surface area contributed by atoms with Gasteiger partial charge in [0, 0.05) is 5.02 Å². The van der Waals surface area contributed by atoms with Gasteiger partial charge in [-0.15, -0.1) is 0 Å². The Hall–Kier alpha value is -2.13. The molecule has 0 fully saturated rings. The molecule has 2 aromatic rings. The second kappa shape index (κ2) is 11.7. The van der Waals surface area contributed by atoms with Crippen LogP contribution in [-0.2, 0) is 27.9 Å². The summed E-state index contributed by atoms with van der Waals surface area (Å²) in [4.78, 5) is 10.9. The number of benzene rings is 2. The monoisotopic (exact) mass is 428 g/mol. The van der Waals surface area contributed by atoms with Gasteiger partial charge < -0.3 is 15.8 Å². The minimum atomic E-state index is -3.67. The highest BCUT2D eigenvalue weighted by Gasteiger charge is 2.06. The number of amides is 1. The van der Waals surface area contributed by atoms with Crippen LogP contribution >= 0.6 is 11.6 Å². The molecule has 154 valence electrons. The Bertz CT molecular complexity index is 849. The lowest BCUT2D eigenvalue weighted by molar-refractivity contribution is -0.119. The molecule has 2 rings (SSSR count). The molecule has 1 atom stereocenters. The van der Waals surface area contributed by atoms with Crippen molar-refractivity contribution in [2.75, 3.05) is 12.8 Å². The molecule has 0 saturated heterocycles. The number of nitrogens with two attached hydrogens (primary N) is 1. The quantitative estimate of drug-likeness (QED) is 0.555. The van der Waals surface area contributed by atoms with Crippen LogP contribution in [0.5, 0.6) is 5.75 Å². The third kappa shape index (κ3) is 11.6. The molecule has 0 aliphatic rings. The van der Waals surface area contributed by atoms with Crippen molar-refractivity contribution < 1.29 is 22.5 Å². The van der Waals surface area contributed by atoms with E-state index in [0.29, 0.717) is 24.4 Å². The average molecular weight is 429 g/mol. The van der Waals surface area contributed by atoms with Crippen molar-refractivity contribution in [2.24, 2.45) is 5.73 Å². The second-order valence-electron chi connectivity index (χ2n) is 6.12. The zero-order valence-corrected chi connectivity index (χ0v) is 17.3. The Morgan fingerprint density at radius 3 is 2.36 bits per heavy atom. The third-order valence-corrected chi connectivity index (χ3v) is 3.74. The fraction of sp³-hybridized carbons (Fsp3) is 0.316. The second-order valence-corrected chi connectivity index (χ2v) is 8.03. The summed E-state index contributed by atoms with van der Waals surface area (Å²) in [6.45, 7) is 2.94. The molecule has 0 aliphatic heterocycles. The standard InChI is InChI=1S/C18H21ClN2O2.CH4O3S/c1-13(18(20)22)21-10-9-14-5-7-17(8-6-14)23-12-15-3-2-4-16(19)11-15;1-5(2,3)4/h2-8,11,13,21H,9-10,12H2,1H3,(H2,20,22);1H3,(H,2,3,4). The number of primary amides is 1. The summed E-state index contributed by atoms with van der Waals surface area (Å²) in [7, 11) is -3.67. The van der Waals surface area contributed by atoms with E-state index in [2.05, 4.69) is 5.32 Å². The molecule has 7 nitrogen and oxygen atoms in total. The van der Waals surface area contributed by atoms with Crippen LogP contribution in [0.2, 0.25) is 5.02 Å². The molecular weight excluding hydrogens is 404 g/mol. The first-order valence-electron chi connectivity index (χ1n) is 8.46. The number of hydrogen-bond donors (Lipinski definition) is 3. The molecule has 0 aliphatic carbocycles. The van der Waals surface area contributed by atoms with Crippen molar-refractivity contribution in [3.63, 3.8) is 0 Å². The first-order valence-corrected chi connectivity index (χ1v) is 10.7. The van der Waals surface area contributed by atoms with E-state index in [-0.39, 0.29) is 11.9 Å². The minimum absolute atomic E-state index is 0.310. The Balaban J connectivity index is 0.000000696. The van der Waals surface area contributed by atoms with Gasteiger partial charge in [0.15, 0.2) is 0 Å². The number of rotatable bonds is 8. The molecule has 0 radical (unpaired) electrons. The zero-order valence-electron chi connectivity index (χ0n) is 15.8. The molecule has 1 amide bonds. The summed E-state index contributed by atoms with van der Waals surface area (Å²) in [6, 6.07) is 15.2. The first kappa shape index (κ1) is 23.9. The summed E-state index contributed by atoms with van der Waals surface area (Å²) in [5.74, 6) is 0.474. The van der Waals surface area contributed by atoms with Crippen molar-refractivity contribution in [1.82, 2.24) is 5.32 Å². The normalized spacial score (nSPS) is 11.9. The van der Waals surface area contributed by atoms with Crippen LogP contribution in [0.3, 0.4) is 0 Å². The summed E-state index contributed by atoms with van der Waals surface area (Å²) in [5.41, 5.74) is 7.40. The Morgan fingerprint density at radius 2 is 1.82 bits per heavy atom. The summed E-state index contributed by atoms with van der Waals surface area (Å²) < 4.78 is 31.6. The van der Waals surface area contributed by atoms with Gasteiger partial charge in [-0.3, -0.25) is 9.35 Å². The van der Waals surface area contributed by atoms with Crippen molar-refractivity contribution in [1.29, 1.82) is 0 Å². The van der Waals surface area contributed by atoms with Crippen LogP contribution in [0.4, 0.5) is 0 Å². The fourth-order valence-electron chi connectivity index (χ4n) is 2.08. The highest BCUT2D eigenvalue weighted by molar-refractivity contribution is 7.85. The number of halogens is 1. The molecule has 0 heterocycles. The Morgan fingerprint density at radius 1 is 1.21 bits per heavy atom. The average Bonchev–Trinajstić information content (AvgIpc) is 2.59. The van der Waals surface area contributed by atoms with E-state index in [1.165, 1.54) is 5.56 Å². The molecule has 4 N–H and O–H groups in total. The van der Waals surface area contributed by atoms with E-state index < -0.39 is 10.1 Å². The predicted octanol–water partition coefficient (Wildman–Crippen LogP) is 2.43. The maximum atomic E-state index is 10.9. The molecule has 0 bridgehead atoms. The lowest BCUT2D eigenvalue weighted by Crippen LogP contribution is -2.39. The molecule has 28 heavy (non-hydrogen) atoms. The van der Waals surface area contributed by atoms with E-state index in [0.717, 1.165) is 17.7 Å². The molecule has 2 aromatic carbocycles. The number of nitrogens with one attached hydrogen (secondary N) is 1. The molecule has 1 unspecified atom stereocenters. The van der Waals surface area contributed by atoms with Crippen LogP contribution in [0.1, 0.15) is 18.1 Å². The van der Waals surface area contributed by atoms with Gasteiger partial charge in [0.25, 0.3) is 10.1 Å². The molecule has 0 saturated carbocycles. The van der Waals surface area contributed by atoms with Crippen LogP contribution in [-0.4, -0.2) is 37.7 Å². The molecule has 9 heteroatoms. The van der Waals surface area contributed by atoms with Crippen LogP contribution in [0.15, 0.2) is 48.5 Å².